The average Bonchev–Trinajstić information content (AvgIpc) is 3.02. The topological polar surface area (TPSA) is 54.9 Å². The first-order chi connectivity index (χ1) is 10.6. The van der Waals surface area contributed by atoms with Crippen LogP contribution in [0.15, 0.2) is 18.3 Å². The molecule has 2 saturated heterocycles. The third-order valence-electron chi connectivity index (χ3n) is 4.43. The van der Waals surface area contributed by atoms with Crippen LogP contribution in [0.4, 0.5) is 11.5 Å². The molecule has 2 fully saturated rings. The highest BCUT2D eigenvalue weighted by atomic mass is 16.5. The van der Waals surface area contributed by atoms with Crippen LogP contribution in [0.3, 0.4) is 0 Å². The van der Waals surface area contributed by atoms with Crippen LogP contribution in [-0.2, 0) is 14.3 Å². The monoisotopic (exact) mass is 305 g/mol. The second-order valence-corrected chi connectivity index (χ2v) is 6.02. The largest absolute Gasteiger partial charge is 0.378 e. The van der Waals surface area contributed by atoms with E-state index in [1.807, 2.05) is 19.1 Å². The Kier molecular flexibility index (Phi) is 4.31. The second kappa shape index (κ2) is 6.22. The van der Waals surface area contributed by atoms with Crippen molar-refractivity contribution in [1.82, 2.24) is 4.98 Å². The first-order valence-electron chi connectivity index (χ1n) is 7.81. The number of rotatable bonds is 3. The SMILES string of the molecule is CN(C(=O)C1(C)CCCO1)c1ccc(N2CCOCC2)nc1. The lowest BCUT2D eigenvalue weighted by atomic mass is 10.0. The molecule has 0 aliphatic carbocycles. The summed E-state index contributed by atoms with van der Waals surface area (Å²) in [5.74, 6) is 0.919. The van der Waals surface area contributed by atoms with E-state index in [-0.39, 0.29) is 5.91 Å². The van der Waals surface area contributed by atoms with Crippen molar-refractivity contribution in [2.24, 2.45) is 0 Å². The fraction of sp³-hybridized carbons (Fsp3) is 0.625. The number of nitrogens with zero attached hydrogens (tertiary/aromatic N) is 3. The van der Waals surface area contributed by atoms with E-state index in [4.69, 9.17) is 9.47 Å². The molecular formula is C16H23N3O3. The summed E-state index contributed by atoms with van der Waals surface area (Å²) < 4.78 is 11.0. The Balaban J connectivity index is 1.70. The van der Waals surface area contributed by atoms with Crippen LogP contribution in [0.1, 0.15) is 19.8 Å². The van der Waals surface area contributed by atoms with Gasteiger partial charge in [-0.25, -0.2) is 4.98 Å². The van der Waals surface area contributed by atoms with Crippen LogP contribution in [0.25, 0.3) is 0 Å². The van der Waals surface area contributed by atoms with Gasteiger partial charge >= 0.3 is 0 Å². The number of morpholine rings is 1. The highest BCUT2D eigenvalue weighted by Crippen LogP contribution is 2.29. The van der Waals surface area contributed by atoms with Gasteiger partial charge in [0.15, 0.2) is 0 Å². The van der Waals surface area contributed by atoms with Crippen LogP contribution >= 0.6 is 0 Å². The second-order valence-electron chi connectivity index (χ2n) is 6.02. The fourth-order valence-corrected chi connectivity index (χ4v) is 2.98. The smallest absolute Gasteiger partial charge is 0.258 e. The van der Waals surface area contributed by atoms with Gasteiger partial charge < -0.3 is 19.3 Å². The molecule has 120 valence electrons. The maximum atomic E-state index is 12.6. The molecule has 1 aromatic rings. The maximum Gasteiger partial charge on any atom is 0.258 e. The van der Waals surface area contributed by atoms with Crippen molar-refractivity contribution in [3.63, 3.8) is 0 Å². The van der Waals surface area contributed by atoms with Crippen molar-refractivity contribution in [3.8, 4) is 0 Å². The molecule has 22 heavy (non-hydrogen) atoms. The van der Waals surface area contributed by atoms with Crippen LogP contribution in [0.2, 0.25) is 0 Å². The van der Waals surface area contributed by atoms with Gasteiger partial charge in [-0.15, -0.1) is 0 Å². The van der Waals surface area contributed by atoms with Crippen molar-refractivity contribution in [2.75, 3.05) is 49.8 Å². The molecule has 0 radical (unpaired) electrons. The molecular weight excluding hydrogens is 282 g/mol. The van der Waals surface area contributed by atoms with Crippen LogP contribution in [0, 0.1) is 0 Å². The number of pyridine rings is 1. The van der Waals surface area contributed by atoms with Gasteiger partial charge in [0.1, 0.15) is 11.4 Å². The molecule has 1 atom stereocenters. The van der Waals surface area contributed by atoms with Crippen molar-refractivity contribution >= 4 is 17.4 Å². The summed E-state index contributed by atoms with van der Waals surface area (Å²) in [6.45, 7) is 5.70. The maximum absolute atomic E-state index is 12.6. The minimum absolute atomic E-state index is 0.00841. The van der Waals surface area contributed by atoms with Gasteiger partial charge in [0.2, 0.25) is 0 Å². The molecule has 1 unspecified atom stereocenters. The molecule has 0 aromatic carbocycles. The van der Waals surface area contributed by atoms with Gasteiger partial charge in [0.05, 0.1) is 25.1 Å². The lowest BCUT2D eigenvalue weighted by Gasteiger charge is -2.30. The number of carbonyl (C=O) groups is 1. The minimum Gasteiger partial charge on any atom is -0.378 e. The molecule has 0 saturated carbocycles. The zero-order chi connectivity index (χ0) is 15.6. The normalized spacial score (nSPS) is 25.3. The highest BCUT2D eigenvalue weighted by molar-refractivity contribution is 5.98. The van der Waals surface area contributed by atoms with E-state index in [1.165, 1.54) is 0 Å². The molecule has 6 nitrogen and oxygen atoms in total. The number of hydrogen-bond donors (Lipinski definition) is 0. The molecule has 1 amide bonds. The molecule has 3 rings (SSSR count). The predicted molar refractivity (Wildman–Crippen MR) is 84.3 cm³/mol. The van der Waals surface area contributed by atoms with Crippen LogP contribution in [-0.4, -0.2) is 56.5 Å². The molecule has 2 aliphatic heterocycles. The van der Waals surface area contributed by atoms with E-state index in [1.54, 1.807) is 18.1 Å². The van der Waals surface area contributed by atoms with Crippen LogP contribution in [0.5, 0.6) is 0 Å². The number of anilines is 2. The number of likely N-dealkylation sites (N-methyl/N-ethyl adjacent to an activating group) is 1. The summed E-state index contributed by atoms with van der Waals surface area (Å²) >= 11 is 0. The number of carbonyl (C=O) groups excluding carboxylic acids is 1. The Morgan fingerprint density at radius 2 is 2.09 bits per heavy atom. The summed E-state index contributed by atoms with van der Waals surface area (Å²) in [7, 11) is 1.78. The number of ether oxygens (including phenoxy) is 2. The Bertz CT molecular complexity index is 520. The third kappa shape index (κ3) is 2.94. The van der Waals surface area contributed by atoms with Gasteiger partial charge in [0.25, 0.3) is 5.91 Å². The Labute approximate surface area is 131 Å². The molecule has 2 aliphatic rings. The highest BCUT2D eigenvalue weighted by Gasteiger charge is 2.40. The van der Waals surface area contributed by atoms with E-state index in [0.29, 0.717) is 6.61 Å². The van der Waals surface area contributed by atoms with Gasteiger partial charge in [-0.1, -0.05) is 0 Å². The Morgan fingerprint density at radius 1 is 1.32 bits per heavy atom. The number of amides is 1. The predicted octanol–water partition coefficient (Wildman–Crippen LogP) is 1.45. The average molecular weight is 305 g/mol. The quantitative estimate of drug-likeness (QED) is 0.846. The van der Waals surface area contributed by atoms with Crippen molar-refractivity contribution in [2.45, 2.75) is 25.4 Å². The number of aromatic nitrogens is 1. The lowest BCUT2D eigenvalue weighted by Crippen LogP contribution is -2.45. The zero-order valence-electron chi connectivity index (χ0n) is 13.2. The van der Waals surface area contributed by atoms with Gasteiger partial charge in [-0.3, -0.25) is 4.79 Å². The van der Waals surface area contributed by atoms with Gasteiger partial charge in [-0.05, 0) is 31.9 Å². The zero-order valence-corrected chi connectivity index (χ0v) is 13.2. The lowest BCUT2D eigenvalue weighted by molar-refractivity contribution is -0.136. The molecule has 0 bridgehead atoms. The van der Waals surface area contributed by atoms with E-state index in [9.17, 15) is 4.79 Å². The third-order valence-corrected chi connectivity index (χ3v) is 4.43. The molecule has 1 aromatic heterocycles. The van der Waals surface area contributed by atoms with Crippen molar-refractivity contribution in [3.05, 3.63) is 18.3 Å². The van der Waals surface area contributed by atoms with Crippen LogP contribution < -0.4 is 9.80 Å². The van der Waals surface area contributed by atoms with E-state index in [0.717, 1.165) is 50.7 Å². The molecule has 3 heterocycles. The summed E-state index contributed by atoms with van der Waals surface area (Å²) in [6, 6.07) is 3.90. The van der Waals surface area contributed by atoms with E-state index >= 15 is 0 Å². The minimum atomic E-state index is -0.697. The summed E-state index contributed by atoms with van der Waals surface area (Å²) in [6.07, 6.45) is 3.46. The first kappa shape index (κ1) is 15.2. The van der Waals surface area contributed by atoms with Gasteiger partial charge in [-0.2, -0.15) is 0 Å². The molecule has 6 heteroatoms. The van der Waals surface area contributed by atoms with E-state index in [2.05, 4.69) is 9.88 Å². The Hall–Kier alpha value is -1.66. The number of hydrogen-bond acceptors (Lipinski definition) is 5. The molecule has 0 N–H and O–H groups in total. The Morgan fingerprint density at radius 3 is 2.68 bits per heavy atom. The standard InChI is InChI=1S/C16H23N3O3/c1-16(6-3-9-22-16)15(20)18(2)13-4-5-14(17-12-13)19-7-10-21-11-8-19/h4-5,12H,3,6-11H2,1-2H3. The van der Waals surface area contributed by atoms with Crippen molar-refractivity contribution < 1.29 is 14.3 Å². The van der Waals surface area contributed by atoms with Crippen molar-refractivity contribution in [1.29, 1.82) is 0 Å². The van der Waals surface area contributed by atoms with Gasteiger partial charge in [0, 0.05) is 26.7 Å². The molecule has 0 spiro atoms. The fourth-order valence-electron chi connectivity index (χ4n) is 2.98. The summed E-state index contributed by atoms with van der Waals surface area (Å²) in [5, 5.41) is 0. The summed E-state index contributed by atoms with van der Waals surface area (Å²) in [4.78, 5) is 20.9. The first-order valence-corrected chi connectivity index (χ1v) is 7.81. The summed E-state index contributed by atoms with van der Waals surface area (Å²) in [5.41, 5.74) is 0.0937. The van der Waals surface area contributed by atoms with E-state index < -0.39 is 5.60 Å².